The van der Waals surface area contributed by atoms with Crippen molar-refractivity contribution in [2.45, 2.75) is 58.0 Å². The average molecular weight is 225 g/mol. The molecule has 5 nitrogen and oxygen atoms in total. The fourth-order valence-corrected chi connectivity index (χ4v) is 2.88. The molecule has 0 spiro atoms. The quantitative estimate of drug-likeness (QED) is 0.730. The third kappa shape index (κ3) is 1.74. The first-order chi connectivity index (χ1) is 7.33. The summed E-state index contributed by atoms with van der Waals surface area (Å²) < 4.78 is 4.95. The zero-order valence-electron chi connectivity index (χ0n) is 10.5. The summed E-state index contributed by atoms with van der Waals surface area (Å²) >= 11 is 0. The van der Waals surface area contributed by atoms with Gasteiger partial charge in [0.25, 0.3) is 12.1 Å². The van der Waals surface area contributed by atoms with Gasteiger partial charge in [-0.15, -0.1) is 5.01 Å². The Kier molecular flexibility index (Phi) is 2.36. The predicted octanol–water partition coefficient (Wildman–Crippen LogP) is 1.22. The van der Waals surface area contributed by atoms with Gasteiger partial charge in [0, 0.05) is 0 Å². The molecule has 1 aliphatic heterocycles. The summed E-state index contributed by atoms with van der Waals surface area (Å²) in [6.45, 7) is 8.91. The van der Waals surface area contributed by atoms with Gasteiger partial charge in [-0.1, -0.05) is 0 Å². The fourth-order valence-electron chi connectivity index (χ4n) is 2.88. The van der Waals surface area contributed by atoms with E-state index in [0.717, 1.165) is 12.8 Å². The average Bonchev–Trinajstić information content (AvgIpc) is 2.48. The van der Waals surface area contributed by atoms with Crippen molar-refractivity contribution in [1.82, 2.24) is 5.27 Å². The number of nitrogens with two attached hydrogens (primary N) is 1. The van der Waals surface area contributed by atoms with Gasteiger partial charge in [0.2, 0.25) is 5.27 Å². The normalized spacial score (nSPS) is 23.4. The maximum absolute atomic E-state index is 5.59. The molecule has 90 valence electrons. The Morgan fingerprint density at radius 2 is 1.88 bits per heavy atom. The lowest BCUT2D eigenvalue weighted by Crippen LogP contribution is -2.76. The highest BCUT2D eigenvalue weighted by atomic mass is 16.5. The Labute approximate surface area is 96.1 Å². The Morgan fingerprint density at radius 3 is 2.31 bits per heavy atom. The zero-order chi connectivity index (χ0) is 12.0. The minimum atomic E-state index is 0.0652. The Balaban J connectivity index is 2.41. The molecule has 0 amide bonds. The first-order valence-electron chi connectivity index (χ1n) is 5.78. The van der Waals surface area contributed by atoms with Gasteiger partial charge in [-0.25, -0.2) is 0 Å². The van der Waals surface area contributed by atoms with E-state index in [-0.39, 0.29) is 11.1 Å². The lowest BCUT2D eigenvalue weighted by Gasteiger charge is -2.46. The van der Waals surface area contributed by atoms with Crippen molar-refractivity contribution >= 4 is 5.88 Å². The Bertz CT molecular complexity index is 367. The van der Waals surface area contributed by atoms with Crippen LogP contribution in [0.1, 0.15) is 47.0 Å². The van der Waals surface area contributed by atoms with Crippen molar-refractivity contribution in [1.29, 1.82) is 0 Å². The first kappa shape index (κ1) is 11.2. The summed E-state index contributed by atoms with van der Waals surface area (Å²) in [6.07, 6.45) is 5.27. The van der Waals surface area contributed by atoms with Crippen molar-refractivity contribution in [2.24, 2.45) is 0 Å². The molecule has 2 heterocycles. The molecule has 1 aliphatic rings. The highest BCUT2D eigenvalue weighted by Crippen LogP contribution is 2.34. The van der Waals surface area contributed by atoms with Gasteiger partial charge < -0.3 is 5.73 Å². The van der Waals surface area contributed by atoms with Crippen molar-refractivity contribution in [3.8, 4) is 0 Å². The summed E-state index contributed by atoms with van der Waals surface area (Å²) in [5.74, 6) is 0.345. The van der Waals surface area contributed by atoms with E-state index < -0.39 is 0 Å². The van der Waals surface area contributed by atoms with Gasteiger partial charge >= 0.3 is 0 Å². The second-order valence-corrected chi connectivity index (χ2v) is 5.82. The molecule has 0 bridgehead atoms. The van der Waals surface area contributed by atoms with Crippen molar-refractivity contribution < 1.29 is 9.31 Å². The number of nitrogen functional groups attached to an aromatic ring is 1. The van der Waals surface area contributed by atoms with E-state index in [4.69, 9.17) is 10.3 Å². The van der Waals surface area contributed by atoms with Crippen molar-refractivity contribution in [3.05, 3.63) is 6.20 Å². The molecule has 0 aromatic carbocycles. The number of aromatic nitrogens is 2. The molecule has 0 aliphatic carbocycles. The molecule has 1 saturated heterocycles. The molecule has 0 radical (unpaired) electrons. The maximum atomic E-state index is 5.59. The van der Waals surface area contributed by atoms with Gasteiger partial charge in [-0.3, -0.25) is 4.52 Å². The second-order valence-electron chi connectivity index (χ2n) is 5.82. The molecule has 16 heavy (non-hydrogen) atoms. The molecule has 1 fully saturated rings. The largest absolute Gasteiger partial charge is 0.362 e. The monoisotopic (exact) mass is 225 g/mol. The van der Waals surface area contributed by atoms with E-state index in [1.165, 1.54) is 6.42 Å². The van der Waals surface area contributed by atoms with Crippen LogP contribution in [0.2, 0.25) is 0 Å². The van der Waals surface area contributed by atoms with Gasteiger partial charge in [0.15, 0.2) is 0 Å². The smallest absolute Gasteiger partial charge is 0.296 e. The topological polar surface area (TPSA) is 59.2 Å². The Hall–Kier alpha value is -1.26. The van der Waals surface area contributed by atoms with E-state index in [1.54, 1.807) is 11.0 Å². The van der Waals surface area contributed by atoms with Gasteiger partial charge in [0.05, 0.1) is 15.9 Å². The van der Waals surface area contributed by atoms with Crippen LogP contribution in [0.5, 0.6) is 0 Å². The first-order valence-corrected chi connectivity index (χ1v) is 5.78. The Morgan fingerprint density at radius 1 is 1.31 bits per heavy atom. The zero-order valence-corrected chi connectivity index (χ0v) is 10.5. The van der Waals surface area contributed by atoms with Crippen LogP contribution in [-0.4, -0.2) is 16.3 Å². The third-order valence-corrected chi connectivity index (χ3v) is 3.40. The predicted molar refractivity (Wildman–Crippen MR) is 61.3 cm³/mol. The van der Waals surface area contributed by atoms with Crippen LogP contribution < -0.4 is 15.5 Å². The molecule has 0 unspecified atom stereocenters. The summed E-state index contributed by atoms with van der Waals surface area (Å²) in [4.78, 5) is 1.74. The molecular formula is C11H21N4O+. The minimum absolute atomic E-state index is 0.0652. The van der Waals surface area contributed by atoms with Crippen LogP contribution >= 0.6 is 0 Å². The molecule has 0 saturated carbocycles. The third-order valence-electron chi connectivity index (χ3n) is 3.40. The van der Waals surface area contributed by atoms with Crippen molar-refractivity contribution in [3.63, 3.8) is 0 Å². The standard InChI is InChI=1S/C11H21N4O/c1-10(2)6-5-7-11(3,4)15(10)14-8-9(12)16-13-14/h8H,5-7,12H2,1-4H3/q+1. The lowest BCUT2D eigenvalue weighted by molar-refractivity contribution is -0.774. The number of nitrogens with zero attached hydrogens (tertiary/aromatic N) is 3. The van der Waals surface area contributed by atoms with Gasteiger partial charge in [-0.2, -0.15) is 0 Å². The van der Waals surface area contributed by atoms with Crippen LogP contribution in [0, 0.1) is 0 Å². The second kappa shape index (κ2) is 3.37. The van der Waals surface area contributed by atoms with Gasteiger partial charge in [0.1, 0.15) is 0 Å². The highest BCUT2D eigenvalue weighted by Gasteiger charge is 2.48. The summed E-state index contributed by atoms with van der Waals surface area (Å²) in [6, 6.07) is 0. The number of hydrogen-bond donors (Lipinski definition) is 1. The molecule has 0 atom stereocenters. The summed E-state index contributed by atoms with van der Waals surface area (Å²) in [5.41, 5.74) is 5.72. The van der Waals surface area contributed by atoms with E-state index in [2.05, 4.69) is 38.0 Å². The van der Waals surface area contributed by atoms with Gasteiger partial charge in [-0.05, 0) is 47.0 Å². The van der Waals surface area contributed by atoms with E-state index in [1.807, 2.05) is 0 Å². The molecule has 1 aromatic heterocycles. The van der Waals surface area contributed by atoms with Crippen LogP contribution in [0.3, 0.4) is 0 Å². The molecule has 2 N–H and O–H groups in total. The molecule has 1 aromatic rings. The summed E-state index contributed by atoms with van der Waals surface area (Å²) in [7, 11) is 0. The highest BCUT2D eigenvalue weighted by molar-refractivity contribution is 5.13. The lowest BCUT2D eigenvalue weighted by atomic mass is 9.82. The summed E-state index contributed by atoms with van der Waals surface area (Å²) in [5, 5.41) is 6.23. The van der Waals surface area contributed by atoms with Crippen molar-refractivity contribution in [2.75, 3.05) is 10.7 Å². The van der Waals surface area contributed by atoms with Crippen LogP contribution in [-0.2, 0) is 0 Å². The number of piperidine rings is 1. The maximum Gasteiger partial charge on any atom is 0.296 e. The van der Waals surface area contributed by atoms with E-state index >= 15 is 0 Å². The number of anilines is 1. The number of rotatable bonds is 1. The molecule has 2 rings (SSSR count). The fraction of sp³-hybridized carbons (Fsp3) is 0.818. The molecular weight excluding hydrogens is 204 g/mol. The molecule has 5 heteroatoms. The van der Waals surface area contributed by atoms with Crippen LogP contribution in [0.4, 0.5) is 5.88 Å². The van der Waals surface area contributed by atoms with Crippen LogP contribution in [0.25, 0.3) is 0 Å². The minimum Gasteiger partial charge on any atom is -0.362 e. The SMILES string of the molecule is CC1(C)CCCC(C)(C)N1[n+]1cc(N)on1. The number of hydrogen-bond acceptors (Lipinski definition) is 4. The van der Waals surface area contributed by atoms with E-state index in [0.29, 0.717) is 5.88 Å². The van der Waals surface area contributed by atoms with Crippen LogP contribution in [0.15, 0.2) is 10.7 Å². The van der Waals surface area contributed by atoms with E-state index in [9.17, 15) is 0 Å².